The number of amides is 1. The molecule has 0 unspecified atom stereocenters. The van der Waals surface area contributed by atoms with Gasteiger partial charge in [0.25, 0.3) is 11.5 Å². The van der Waals surface area contributed by atoms with E-state index in [-0.39, 0.29) is 24.2 Å². The summed E-state index contributed by atoms with van der Waals surface area (Å²) < 4.78 is 6.29. The Balaban J connectivity index is 1.83. The molecule has 0 aliphatic rings. The molecule has 0 radical (unpaired) electrons. The second kappa shape index (κ2) is 8.66. The minimum Gasteiger partial charge on any atom is -0.448 e. The quantitative estimate of drug-likeness (QED) is 0.617. The molecule has 0 spiro atoms. The number of nitrogens with zero attached hydrogens (tertiary/aromatic N) is 2. The first-order chi connectivity index (χ1) is 13.9. The standard InChI is InChI=1S/C21H21N3O5/c1-13-7-9-15(10-8-13)22-19(26)14(2)29-21(28)18-16-5-3-4-6-17(16)20(27)24(23-18)11-12-25/h3-10,14,25H,11-12H2,1-2H3,(H,22,26)/t14-/m1/s1. The number of carbonyl (C=O) groups excluding carboxylic acids is 2. The number of fused-ring (bicyclic) bond motifs is 1. The van der Waals surface area contributed by atoms with Gasteiger partial charge in [-0.05, 0) is 32.0 Å². The molecular formula is C21H21N3O5. The summed E-state index contributed by atoms with van der Waals surface area (Å²) in [5, 5.41) is 16.5. The molecule has 0 bridgehead atoms. The highest BCUT2D eigenvalue weighted by Gasteiger charge is 2.23. The Morgan fingerprint density at radius 1 is 1.14 bits per heavy atom. The molecule has 2 N–H and O–H groups in total. The number of benzene rings is 2. The highest BCUT2D eigenvalue weighted by atomic mass is 16.5. The van der Waals surface area contributed by atoms with Gasteiger partial charge in [-0.1, -0.05) is 35.9 Å². The Labute approximate surface area is 166 Å². The number of rotatable bonds is 6. The van der Waals surface area contributed by atoms with Crippen LogP contribution in [0.4, 0.5) is 5.69 Å². The van der Waals surface area contributed by atoms with E-state index in [4.69, 9.17) is 9.84 Å². The van der Waals surface area contributed by atoms with Crippen LogP contribution in [0.25, 0.3) is 10.8 Å². The number of hydrogen-bond donors (Lipinski definition) is 2. The molecular weight excluding hydrogens is 374 g/mol. The van der Waals surface area contributed by atoms with Crippen molar-refractivity contribution in [3.63, 3.8) is 0 Å². The maximum atomic E-state index is 12.7. The molecule has 0 saturated heterocycles. The molecule has 29 heavy (non-hydrogen) atoms. The number of hydrogen-bond acceptors (Lipinski definition) is 6. The van der Waals surface area contributed by atoms with Crippen LogP contribution in [0.2, 0.25) is 0 Å². The summed E-state index contributed by atoms with van der Waals surface area (Å²) in [5.74, 6) is -1.32. The molecule has 0 aliphatic heterocycles. The number of carbonyl (C=O) groups is 2. The molecule has 1 aromatic heterocycles. The third kappa shape index (κ3) is 4.49. The molecule has 150 valence electrons. The fourth-order valence-electron chi connectivity index (χ4n) is 2.78. The fraction of sp³-hybridized carbons (Fsp3) is 0.238. The Hall–Kier alpha value is -3.52. The molecule has 1 heterocycles. The van der Waals surface area contributed by atoms with Crippen molar-refractivity contribution >= 4 is 28.3 Å². The number of ether oxygens (including phenoxy) is 1. The van der Waals surface area contributed by atoms with Crippen LogP contribution >= 0.6 is 0 Å². The molecule has 3 aromatic rings. The molecule has 1 atom stereocenters. The van der Waals surface area contributed by atoms with Gasteiger partial charge in [-0.15, -0.1) is 0 Å². The smallest absolute Gasteiger partial charge is 0.360 e. The van der Waals surface area contributed by atoms with Crippen LogP contribution in [-0.2, 0) is 16.1 Å². The number of anilines is 1. The molecule has 0 saturated carbocycles. The van der Waals surface area contributed by atoms with E-state index in [1.165, 1.54) is 6.92 Å². The van der Waals surface area contributed by atoms with Crippen molar-refractivity contribution in [2.75, 3.05) is 11.9 Å². The van der Waals surface area contributed by atoms with Gasteiger partial charge in [0.2, 0.25) is 0 Å². The van der Waals surface area contributed by atoms with E-state index in [0.29, 0.717) is 11.1 Å². The minimum absolute atomic E-state index is 0.0621. The SMILES string of the molecule is Cc1ccc(NC(=O)[C@@H](C)OC(=O)c2nn(CCO)c(=O)c3ccccc23)cc1. The van der Waals surface area contributed by atoms with Gasteiger partial charge in [0.05, 0.1) is 18.5 Å². The summed E-state index contributed by atoms with van der Waals surface area (Å²) in [5.41, 5.74) is 1.13. The maximum absolute atomic E-state index is 12.7. The molecule has 2 aromatic carbocycles. The van der Waals surface area contributed by atoms with Crippen LogP contribution < -0.4 is 10.9 Å². The van der Waals surface area contributed by atoms with Gasteiger partial charge in [0.1, 0.15) is 0 Å². The monoisotopic (exact) mass is 395 g/mol. The number of aliphatic hydroxyl groups excluding tert-OH is 1. The molecule has 3 rings (SSSR count). The van der Waals surface area contributed by atoms with E-state index in [9.17, 15) is 14.4 Å². The molecule has 1 amide bonds. The Morgan fingerprint density at radius 3 is 2.45 bits per heavy atom. The normalized spacial score (nSPS) is 11.8. The third-order valence-corrected chi connectivity index (χ3v) is 4.35. The van der Waals surface area contributed by atoms with Crippen LogP contribution in [0.3, 0.4) is 0 Å². The van der Waals surface area contributed by atoms with E-state index in [0.717, 1.165) is 10.2 Å². The number of aromatic nitrogens is 2. The van der Waals surface area contributed by atoms with Crippen molar-refractivity contribution in [2.45, 2.75) is 26.5 Å². The first-order valence-electron chi connectivity index (χ1n) is 9.10. The second-order valence-electron chi connectivity index (χ2n) is 6.55. The zero-order valence-electron chi connectivity index (χ0n) is 16.1. The number of esters is 1. The first-order valence-corrected chi connectivity index (χ1v) is 9.10. The van der Waals surface area contributed by atoms with Gasteiger partial charge in [-0.3, -0.25) is 9.59 Å². The highest BCUT2D eigenvalue weighted by molar-refractivity contribution is 6.03. The molecule has 8 heteroatoms. The van der Waals surface area contributed by atoms with Crippen LogP contribution in [0.15, 0.2) is 53.3 Å². The summed E-state index contributed by atoms with van der Waals surface area (Å²) in [4.78, 5) is 37.5. The van der Waals surface area contributed by atoms with E-state index in [2.05, 4.69) is 10.4 Å². The Kier molecular flexibility index (Phi) is 6.04. The van der Waals surface area contributed by atoms with Gasteiger partial charge in [-0.2, -0.15) is 5.10 Å². The third-order valence-electron chi connectivity index (χ3n) is 4.35. The summed E-state index contributed by atoms with van der Waals surface area (Å²) in [6.07, 6.45) is -1.08. The van der Waals surface area contributed by atoms with E-state index in [1.807, 2.05) is 19.1 Å². The van der Waals surface area contributed by atoms with Crippen molar-refractivity contribution in [1.29, 1.82) is 0 Å². The first kappa shape index (κ1) is 20.2. The topological polar surface area (TPSA) is 111 Å². The average Bonchev–Trinajstić information content (AvgIpc) is 2.71. The van der Waals surface area contributed by atoms with Gasteiger partial charge in [0, 0.05) is 11.1 Å². The summed E-state index contributed by atoms with van der Waals surface area (Å²) in [6, 6.07) is 13.7. The second-order valence-corrected chi connectivity index (χ2v) is 6.55. The molecule has 8 nitrogen and oxygen atoms in total. The molecule has 0 fully saturated rings. The highest BCUT2D eigenvalue weighted by Crippen LogP contribution is 2.16. The maximum Gasteiger partial charge on any atom is 0.360 e. The number of aliphatic hydroxyl groups is 1. The van der Waals surface area contributed by atoms with Crippen molar-refractivity contribution in [2.24, 2.45) is 0 Å². The lowest BCUT2D eigenvalue weighted by molar-refractivity contribution is -0.123. The lowest BCUT2D eigenvalue weighted by Gasteiger charge is -2.15. The lowest BCUT2D eigenvalue weighted by atomic mass is 10.1. The van der Waals surface area contributed by atoms with E-state index >= 15 is 0 Å². The Morgan fingerprint density at radius 2 is 1.79 bits per heavy atom. The van der Waals surface area contributed by atoms with Crippen LogP contribution in [0, 0.1) is 6.92 Å². The van der Waals surface area contributed by atoms with Crippen molar-refractivity contribution in [1.82, 2.24) is 9.78 Å². The Bertz CT molecular complexity index is 1110. The van der Waals surface area contributed by atoms with Gasteiger partial charge in [0.15, 0.2) is 11.8 Å². The van der Waals surface area contributed by atoms with Crippen molar-refractivity contribution in [3.05, 3.63) is 70.1 Å². The van der Waals surface area contributed by atoms with Crippen LogP contribution in [0.1, 0.15) is 23.0 Å². The van der Waals surface area contributed by atoms with Crippen molar-refractivity contribution < 1.29 is 19.4 Å². The summed E-state index contributed by atoms with van der Waals surface area (Å²) in [7, 11) is 0. The fourth-order valence-corrected chi connectivity index (χ4v) is 2.78. The number of aryl methyl sites for hydroxylation is 1. The molecule has 0 aliphatic carbocycles. The summed E-state index contributed by atoms with van der Waals surface area (Å²) >= 11 is 0. The largest absolute Gasteiger partial charge is 0.448 e. The lowest BCUT2D eigenvalue weighted by Crippen LogP contribution is -2.32. The van der Waals surface area contributed by atoms with Gasteiger partial charge < -0.3 is 15.2 Å². The zero-order chi connectivity index (χ0) is 21.0. The van der Waals surface area contributed by atoms with Gasteiger partial charge in [-0.25, -0.2) is 9.48 Å². The predicted octanol–water partition coefficient (Wildman–Crippen LogP) is 1.88. The minimum atomic E-state index is -1.08. The zero-order valence-corrected chi connectivity index (χ0v) is 16.1. The van der Waals surface area contributed by atoms with E-state index < -0.39 is 23.5 Å². The number of nitrogens with one attached hydrogen (secondary N) is 1. The van der Waals surface area contributed by atoms with Crippen LogP contribution in [0.5, 0.6) is 0 Å². The predicted molar refractivity (Wildman–Crippen MR) is 108 cm³/mol. The average molecular weight is 395 g/mol. The van der Waals surface area contributed by atoms with Crippen LogP contribution in [-0.4, -0.2) is 39.5 Å². The summed E-state index contributed by atoms with van der Waals surface area (Å²) in [6.45, 7) is 3.01. The van der Waals surface area contributed by atoms with E-state index in [1.54, 1.807) is 36.4 Å². The van der Waals surface area contributed by atoms with Gasteiger partial charge >= 0.3 is 5.97 Å². The van der Waals surface area contributed by atoms with Crippen molar-refractivity contribution in [3.8, 4) is 0 Å².